The molecule has 0 aliphatic carbocycles. The lowest BCUT2D eigenvalue weighted by Crippen LogP contribution is -2.22. The lowest BCUT2D eigenvalue weighted by Gasteiger charge is -2.01. The minimum atomic E-state index is 0.0411. The van der Waals surface area contributed by atoms with Gasteiger partial charge in [-0.25, -0.2) is 0 Å². The predicted molar refractivity (Wildman–Crippen MR) is 73.1 cm³/mol. The number of hydrogen-bond acceptors (Lipinski definition) is 6. The summed E-state index contributed by atoms with van der Waals surface area (Å²) >= 11 is 3.10. The Morgan fingerprint density at radius 3 is 3.21 bits per heavy atom. The monoisotopic (exact) mass is 293 g/mol. The molecule has 1 N–H and O–H groups in total. The van der Waals surface area contributed by atoms with Crippen molar-refractivity contribution in [1.82, 2.24) is 25.1 Å². The van der Waals surface area contributed by atoms with Crippen LogP contribution in [-0.4, -0.2) is 25.7 Å². The standard InChI is InChI=1S/C11H11N5OS2/c17-9(4-3-8-2-1-5-18-8)12-6-10-15-16-7-13-14-11(16)19-10/h1-2,5,7H,3-4,6H2,(H,12,17). The van der Waals surface area contributed by atoms with Crippen LogP contribution in [-0.2, 0) is 17.8 Å². The Morgan fingerprint density at radius 1 is 1.47 bits per heavy atom. The number of nitrogens with one attached hydrogen (secondary N) is 1. The number of carbonyl (C=O) groups is 1. The van der Waals surface area contributed by atoms with Gasteiger partial charge < -0.3 is 5.32 Å². The van der Waals surface area contributed by atoms with Gasteiger partial charge in [0.2, 0.25) is 10.9 Å². The quantitative estimate of drug-likeness (QED) is 0.773. The SMILES string of the molecule is O=C(CCc1cccs1)NCc1nn2cnnc2s1. The highest BCUT2D eigenvalue weighted by Gasteiger charge is 2.07. The minimum Gasteiger partial charge on any atom is -0.350 e. The Hall–Kier alpha value is -1.80. The largest absolute Gasteiger partial charge is 0.350 e. The van der Waals surface area contributed by atoms with Crippen molar-refractivity contribution in [2.75, 3.05) is 0 Å². The van der Waals surface area contributed by atoms with Gasteiger partial charge in [0.1, 0.15) is 11.3 Å². The Morgan fingerprint density at radius 2 is 2.42 bits per heavy atom. The third-order valence-corrected chi connectivity index (χ3v) is 4.39. The van der Waals surface area contributed by atoms with Crippen molar-refractivity contribution >= 4 is 33.5 Å². The van der Waals surface area contributed by atoms with E-state index in [-0.39, 0.29) is 5.91 Å². The first-order valence-corrected chi connectivity index (χ1v) is 7.46. The zero-order chi connectivity index (χ0) is 13.1. The van der Waals surface area contributed by atoms with Crippen LogP contribution in [0.1, 0.15) is 16.3 Å². The number of aromatic nitrogens is 4. The molecule has 0 fully saturated rings. The summed E-state index contributed by atoms with van der Waals surface area (Å²) in [6.45, 7) is 0.442. The van der Waals surface area contributed by atoms with Gasteiger partial charge in [0.05, 0.1) is 6.54 Å². The van der Waals surface area contributed by atoms with Crippen molar-refractivity contribution < 1.29 is 4.79 Å². The maximum atomic E-state index is 11.7. The fourth-order valence-electron chi connectivity index (χ4n) is 1.63. The Labute approximate surface area is 117 Å². The van der Waals surface area contributed by atoms with Crippen LogP contribution in [0.25, 0.3) is 4.96 Å². The van der Waals surface area contributed by atoms with E-state index in [1.165, 1.54) is 16.2 Å². The van der Waals surface area contributed by atoms with Crippen molar-refractivity contribution in [3.63, 3.8) is 0 Å². The molecule has 3 heterocycles. The summed E-state index contributed by atoms with van der Waals surface area (Å²) in [5.41, 5.74) is 0. The highest BCUT2D eigenvalue weighted by molar-refractivity contribution is 7.16. The van der Waals surface area contributed by atoms with Crippen LogP contribution in [0, 0.1) is 0 Å². The minimum absolute atomic E-state index is 0.0411. The second-order valence-electron chi connectivity index (χ2n) is 3.91. The van der Waals surface area contributed by atoms with Crippen LogP contribution in [0.2, 0.25) is 0 Å². The highest BCUT2D eigenvalue weighted by Crippen LogP contribution is 2.12. The molecule has 0 unspecified atom stereocenters. The molecule has 98 valence electrons. The lowest BCUT2D eigenvalue weighted by atomic mass is 10.2. The average Bonchev–Trinajstić information content (AvgIpc) is 3.09. The molecule has 8 heteroatoms. The van der Waals surface area contributed by atoms with Crippen molar-refractivity contribution in [3.8, 4) is 0 Å². The summed E-state index contributed by atoms with van der Waals surface area (Å²) in [7, 11) is 0. The van der Waals surface area contributed by atoms with Gasteiger partial charge in [-0.2, -0.15) is 9.61 Å². The number of fused-ring (bicyclic) bond motifs is 1. The summed E-state index contributed by atoms with van der Waals surface area (Å²) in [6, 6.07) is 4.04. The molecule has 0 saturated carbocycles. The van der Waals surface area contributed by atoms with Crippen molar-refractivity contribution in [2.24, 2.45) is 0 Å². The van der Waals surface area contributed by atoms with Crippen LogP contribution >= 0.6 is 22.7 Å². The molecule has 0 aliphatic heterocycles. The molecule has 6 nitrogen and oxygen atoms in total. The maximum absolute atomic E-state index is 11.7. The van der Waals surface area contributed by atoms with Crippen molar-refractivity contribution in [3.05, 3.63) is 33.7 Å². The van der Waals surface area contributed by atoms with Gasteiger partial charge in [-0.1, -0.05) is 17.4 Å². The van der Waals surface area contributed by atoms with Gasteiger partial charge in [0, 0.05) is 11.3 Å². The molecule has 19 heavy (non-hydrogen) atoms. The fourth-order valence-corrected chi connectivity index (χ4v) is 3.09. The van der Waals surface area contributed by atoms with Gasteiger partial charge in [0.15, 0.2) is 0 Å². The fraction of sp³-hybridized carbons (Fsp3) is 0.273. The number of rotatable bonds is 5. The number of thiophene rings is 1. The van der Waals surface area contributed by atoms with Gasteiger partial charge in [-0.3, -0.25) is 4.79 Å². The zero-order valence-electron chi connectivity index (χ0n) is 9.94. The van der Waals surface area contributed by atoms with E-state index >= 15 is 0 Å². The maximum Gasteiger partial charge on any atom is 0.234 e. The molecule has 0 saturated heterocycles. The summed E-state index contributed by atoms with van der Waals surface area (Å²) in [5.74, 6) is 0.0411. The van der Waals surface area contributed by atoms with E-state index in [0.29, 0.717) is 13.0 Å². The summed E-state index contributed by atoms with van der Waals surface area (Å²) in [6.07, 6.45) is 2.84. The van der Waals surface area contributed by atoms with Gasteiger partial charge in [-0.15, -0.1) is 21.5 Å². The van der Waals surface area contributed by atoms with E-state index in [4.69, 9.17) is 0 Å². The number of aryl methyl sites for hydroxylation is 1. The summed E-state index contributed by atoms with van der Waals surface area (Å²) in [5, 5.41) is 17.6. The molecule has 0 bridgehead atoms. The molecule has 0 aromatic carbocycles. The van der Waals surface area contributed by atoms with Crippen LogP contribution in [0.4, 0.5) is 0 Å². The molecular weight excluding hydrogens is 282 g/mol. The van der Waals surface area contributed by atoms with Crippen LogP contribution < -0.4 is 5.32 Å². The molecule has 3 rings (SSSR count). The Balaban J connectivity index is 1.49. The van der Waals surface area contributed by atoms with Gasteiger partial charge >= 0.3 is 0 Å². The molecule has 3 aromatic rings. The predicted octanol–water partition coefficient (Wildman–Crippen LogP) is 1.50. The van der Waals surface area contributed by atoms with Crippen LogP contribution in [0.5, 0.6) is 0 Å². The number of amides is 1. The second kappa shape index (κ2) is 5.45. The molecule has 0 spiro atoms. The van der Waals surface area contributed by atoms with E-state index in [1.54, 1.807) is 22.2 Å². The molecule has 0 aliphatic rings. The van der Waals surface area contributed by atoms with E-state index in [2.05, 4.69) is 20.6 Å². The first-order valence-electron chi connectivity index (χ1n) is 5.76. The number of nitrogens with zero attached hydrogens (tertiary/aromatic N) is 4. The molecular formula is C11H11N5OS2. The third-order valence-electron chi connectivity index (χ3n) is 2.54. The molecule has 1 amide bonds. The Kier molecular flexibility index (Phi) is 3.51. The van der Waals surface area contributed by atoms with Gasteiger partial charge in [0.25, 0.3) is 0 Å². The normalized spacial score (nSPS) is 10.9. The van der Waals surface area contributed by atoms with Crippen molar-refractivity contribution in [2.45, 2.75) is 19.4 Å². The number of hydrogen-bond donors (Lipinski definition) is 1. The van der Waals surface area contributed by atoms with Crippen LogP contribution in [0.15, 0.2) is 23.8 Å². The van der Waals surface area contributed by atoms with Crippen molar-refractivity contribution in [1.29, 1.82) is 0 Å². The Bertz CT molecular complexity index is 644. The van der Waals surface area contributed by atoms with E-state index in [0.717, 1.165) is 16.4 Å². The molecule has 0 atom stereocenters. The van der Waals surface area contributed by atoms with E-state index in [9.17, 15) is 4.79 Å². The zero-order valence-corrected chi connectivity index (χ0v) is 11.6. The molecule has 0 radical (unpaired) electrons. The van der Waals surface area contributed by atoms with E-state index < -0.39 is 0 Å². The van der Waals surface area contributed by atoms with Gasteiger partial charge in [-0.05, 0) is 17.9 Å². The van der Waals surface area contributed by atoms with E-state index in [1.807, 2.05) is 17.5 Å². The van der Waals surface area contributed by atoms with Crippen LogP contribution in [0.3, 0.4) is 0 Å². The smallest absolute Gasteiger partial charge is 0.234 e. The summed E-state index contributed by atoms with van der Waals surface area (Å²) in [4.78, 5) is 13.7. The topological polar surface area (TPSA) is 72.2 Å². The highest BCUT2D eigenvalue weighted by atomic mass is 32.1. The summed E-state index contributed by atoms with van der Waals surface area (Å²) < 4.78 is 1.61. The first kappa shape index (κ1) is 12.2. The third kappa shape index (κ3) is 2.96. The first-order chi connectivity index (χ1) is 9.31. The average molecular weight is 293 g/mol. The second-order valence-corrected chi connectivity index (χ2v) is 5.98. The lowest BCUT2D eigenvalue weighted by molar-refractivity contribution is -0.121. The molecule has 3 aromatic heterocycles. The number of carbonyl (C=O) groups excluding carboxylic acids is 1.